The largest absolute Gasteiger partial charge is 0.380 e. The molecule has 0 saturated carbocycles. The Morgan fingerprint density at radius 3 is 2.47 bits per heavy atom. The lowest BCUT2D eigenvalue weighted by Crippen LogP contribution is -2.41. The van der Waals surface area contributed by atoms with Crippen LogP contribution in [-0.4, -0.2) is 43.3 Å². The Kier molecular flexibility index (Phi) is 4.77. The molecule has 1 rings (SSSR count). The topological polar surface area (TPSA) is 38.5 Å². The van der Waals surface area contributed by atoms with Crippen LogP contribution in [0.15, 0.2) is 11.6 Å². The van der Waals surface area contributed by atoms with Crippen molar-refractivity contribution in [3.8, 4) is 0 Å². The standard InChI is InChI=1S/C12H24N2O/c1-9(2)14-7-5-11(6-8-14)12(13)10(3)15-4/h5,9-10,12H,6-8,13H2,1-4H3/t10-,12+/m0/s1. The molecule has 0 aromatic heterocycles. The van der Waals surface area contributed by atoms with E-state index in [4.69, 9.17) is 10.5 Å². The van der Waals surface area contributed by atoms with E-state index >= 15 is 0 Å². The fourth-order valence-electron chi connectivity index (χ4n) is 1.92. The Bertz CT molecular complexity index is 226. The quantitative estimate of drug-likeness (QED) is 0.716. The van der Waals surface area contributed by atoms with Crippen molar-refractivity contribution in [2.24, 2.45) is 5.73 Å². The van der Waals surface area contributed by atoms with Crippen molar-refractivity contribution in [2.75, 3.05) is 20.2 Å². The van der Waals surface area contributed by atoms with Crippen LogP contribution in [0.3, 0.4) is 0 Å². The molecule has 0 unspecified atom stereocenters. The first-order valence-electron chi connectivity index (χ1n) is 5.77. The second kappa shape index (κ2) is 5.64. The van der Waals surface area contributed by atoms with Crippen LogP contribution in [-0.2, 0) is 4.74 Å². The van der Waals surface area contributed by atoms with Crippen molar-refractivity contribution < 1.29 is 4.74 Å². The molecule has 0 aliphatic carbocycles. The van der Waals surface area contributed by atoms with E-state index < -0.39 is 0 Å². The Hall–Kier alpha value is -0.380. The summed E-state index contributed by atoms with van der Waals surface area (Å²) in [4.78, 5) is 2.45. The van der Waals surface area contributed by atoms with Gasteiger partial charge in [0.25, 0.3) is 0 Å². The molecule has 0 aromatic carbocycles. The molecule has 0 bridgehead atoms. The van der Waals surface area contributed by atoms with Gasteiger partial charge < -0.3 is 10.5 Å². The fourth-order valence-corrected chi connectivity index (χ4v) is 1.92. The molecule has 3 nitrogen and oxygen atoms in total. The summed E-state index contributed by atoms with van der Waals surface area (Å²) in [5, 5.41) is 0. The lowest BCUT2D eigenvalue weighted by atomic mass is 9.96. The average Bonchev–Trinajstić information content (AvgIpc) is 2.27. The van der Waals surface area contributed by atoms with Gasteiger partial charge in [-0.25, -0.2) is 0 Å². The molecule has 1 heterocycles. The van der Waals surface area contributed by atoms with Crippen LogP contribution < -0.4 is 5.73 Å². The predicted molar refractivity (Wildman–Crippen MR) is 63.9 cm³/mol. The van der Waals surface area contributed by atoms with E-state index in [0.717, 1.165) is 19.5 Å². The minimum Gasteiger partial charge on any atom is -0.380 e. The van der Waals surface area contributed by atoms with Crippen LogP contribution in [0.4, 0.5) is 0 Å². The van der Waals surface area contributed by atoms with Crippen LogP contribution in [0, 0.1) is 0 Å². The summed E-state index contributed by atoms with van der Waals surface area (Å²) in [5.41, 5.74) is 7.46. The average molecular weight is 212 g/mol. The zero-order valence-electron chi connectivity index (χ0n) is 10.4. The molecular formula is C12H24N2O. The SMILES string of the molecule is CO[C@@H](C)[C@@H](N)C1=CCN(C(C)C)CC1. The number of methoxy groups -OCH3 is 1. The van der Waals surface area contributed by atoms with Gasteiger partial charge in [0.05, 0.1) is 12.1 Å². The summed E-state index contributed by atoms with van der Waals surface area (Å²) in [5.74, 6) is 0. The van der Waals surface area contributed by atoms with Crippen molar-refractivity contribution in [2.45, 2.75) is 45.4 Å². The van der Waals surface area contributed by atoms with E-state index in [1.54, 1.807) is 7.11 Å². The number of hydrogen-bond donors (Lipinski definition) is 1. The molecule has 0 radical (unpaired) electrons. The first-order chi connectivity index (χ1) is 7.06. The maximum atomic E-state index is 6.11. The first-order valence-corrected chi connectivity index (χ1v) is 5.77. The third-order valence-corrected chi connectivity index (χ3v) is 3.31. The molecular weight excluding hydrogens is 188 g/mol. The van der Waals surface area contributed by atoms with Crippen LogP contribution in [0.1, 0.15) is 27.2 Å². The highest BCUT2D eigenvalue weighted by Crippen LogP contribution is 2.17. The van der Waals surface area contributed by atoms with E-state index in [2.05, 4.69) is 24.8 Å². The Labute approximate surface area is 93.3 Å². The first kappa shape index (κ1) is 12.7. The van der Waals surface area contributed by atoms with Gasteiger partial charge in [0, 0.05) is 26.2 Å². The third kappa shape index (κ3) is 3.30. The summed E-state index contributed by atoms with van der Waals surface area (Å²) in [6.07, 6.45) is 3.46. The van der Waals surface area contributed by atoms with Gasteiger partial charge in [-0.3, -0.25) is 4.90 Å². The zero-order valence-corrected chi connectivity index (χ0v) is 10.4. The van der Waals surface area contributed by atoms with Gasteiger partial charge in [-0.05, 0) is 27.2 Å². The van der Waals surface area contributed by atoms with Gasteiger partial charge in [0.15, 0.2) is 0 Å². The second-order valence-electron chi connectivity index (χ2n) is 4.58. The Balaban J connectivity index is 2.53. The van der Waals surface area contributed by atoms with Gasteiger partial charge in [-0.1, -0.05) is 11.6 Å². The Morgan fingerprint density at radius 1 is 1.40 bits per heavy atom. The monoisotopic (exact) mass is 212 g/mol. The van der Waals surface area contributed by atoms with Gasteiger partial charge >= 0.3 is 0 Å². The van der Waals surface area contributed by atoms with Gasteiger partial charge in [0.1, 0.15) is 0 Å². The van der Waals surface area contributed by atoms with Crippen molar-refractivity contribution in [1.82, 2.24) is 4.90 Å². The van der Waals surface area contributed by atoms with Gasteiger partial charge in [-0.15, -0.1) is 0 Å². The summed E-state index contributed by atoms with van der Waals surface area (Å²) < 4.78 is 5.26. The van der Waals surface area contributed by atoms with Crippen LogP contribution in [0.2, 0.25) is 0 Å². The highest BCUT2D eigenvalue weighted by Gasteiger charge is 2.21. The molecule has 0 amide bonds. The second-order valence-corrected chi connectivity index (χ2v) is 4.58. The van der Waals surface area contributed by atoms with Crippen LogP contribution >= 0.6 is 0 Å². The minimum atomic E-state index is 0.0595. The van der Waals surface area contributed by atoms with Crippen molar-refractivity contribution >= 4 is 0 Å². The molecule has 0 saturated heterocycles. The summed E-state index contributed by atoms with van der Waals surface area (Å²) >= 11 is 0. The molecule has 1 aliphatic heterocycles. The highest BCUT2D eigenvalue weighted by atomic mass is 16.5. The zero-order chi connectivity index (χ0) is 11.4. The third-order valence-electron chi connectivity index (χ3n) is 3.31. The summed E-state index contributed by atoms with van der Waals surface area (Å²) in [6, 6.07) is 0.684. The van der Waals surface area contributed by atoms with E-state index in [1.807, 2.05) is 6.92 Å². The van der Waals surface area contributed by atoms with Crippen LogP contribution in [0.5, 0.6) is 0 Å². The number of rotatable bonds is 4. The van der Waals surface area contributed by atoms with Crippen LogP contribution in [0.25, 0.3) is 0 Å². The van der Waals surface area contributed by atoms with E-state index in [-0.39, 0.29) is 12.1 Å². The summed E-state index contributed by atoms with van der Waals surface area (Å²) in [6.45, 7) is 8.64. The maximum Gasteiger partial charge on any atom is 0.0732 e. The molecule has 0 fully saturated rings. The maximum absolute atomic E-state index is 6.11. The fraction of sp³-hybridized carbons (Fsp3) is 0.833. The number of ether oxygens (including phenoxy) is 1. The normalized spacial score (nSPS) is 22.7. The smallest absolute Gasteiger partial charge is 0.0732 e. The Morgan fingerprint density at radius 2 is 2.07 bits per heavy atom. The number of nitrogens with zero attached hydrogens (tertiary/aromatic N) is 1. The van der Waals surface area contributed by atoms with E-state index in [1.165, 1.54) is 5.57 Å². The van der Waals surface area contributed by atoms with E-state index in [9.17, 15) is 0 Å². The summed E-state index contributed by atoms with van der Waals surface area (Å²) in [7, 11) is 1.72. The minimum absolute atomic E-state index is 0.0595. The lowest BCUT2D eigenvalue weighted by molar-refractivity contribution is 0.102. The molecule has 3 heteroatoms. The molecule has 0 spiro atoms. The van der Waals surface area contributed by atoms with Crippen molar-refractivity contribution in [3.05, 3.63) is 11.6 Å². The molecule has 2 atom stereocenters. The molecule has 1 aliphatic rings. The predicted octanol–water partition coefficient (Wildman–Crippen LogP) is 1.39. The van der Waals surface area contributed by atoms with Gasteiger partial charge in [-0.2, -0.15) is 0 Å². The number of nitrogens with two attached hydrogens (primary N) is 1. The molecule has 15 heavy (non-hydrogen) atoms. The highest BCUT2D eigenvalue weighted by molar-refractivity contribution is 5.15. The van der Waals surface area contributed by atoms with E-state index in [0.29, 0.717) is 6.04 Å². The van der Waals surface area contributed by atoms with Gasteiger partial charge in [0.2, 0.25) is 0 Å². The number of hydrogen-bond acceptors (Lipinski definition) is 3. The molecule has 88 valence electrons. The molecule has 0 aromatic rings. The van der Waals surface area contributed by atoms with Crippen molar-refractivity contribution in [3.63, 3.8) is 0 Å². The lowest BCUT2D eigenvalue weighted by Gasteiger charge is -2.32. The van der Waals surface area contributed by atoms with Crippen molar-refractivity contribution in [1.29, 1.82) is 0 Å². The molecule has 2 N–H and O–H groups in total.